The van der Waals surface area contributed by atoms with Crippen molar-refractivity contribution in [2.45, 2.75) is 32.4 Å². The average Bonchev–Trinajstić information content (AvgIpc) is 2.32. The number of nitrogens with one attached hydrogen (secondary N) is 1. The molecule has 100 valence electrons. The average molecular weight is 257 g/mol. The van der Waals surface area contributed by atoms with Gasteiger partial charge in [-0.15, -0.1) is 0 Å². The van der Waals surface area contributed by atoms with Crippen LogP contribution in [0, 0.1) is 11.6 Å². The van der Waals surface area contributed by atoms with E-state index in [1.165, 1.54) is 25.3 Å². The molecule has 1 aromatic rings. The topological polar surface area (TPSA) is 38.3 Å². The first-order chi connectivity index (χ1) is 8.45. The molecule has 2 atom stereocenters. The number of halogens is 2. The minimum Gasteiger partial charge on any atom is -0.468 e. The molecule has 3 nitrogen and oxygen atoms in total. The van der Waals surface area contributed by atoms with E-state index in [4.69, 9.17) is 0 Å². The quantitative estimate of drug-likeness (QED) is 0.820. The summed E-state index contributed by atoms with van der Waals surface area (Å²) in [6, 6.07) is 3.00. The molecule has 0 bridgehead atoms. The van der Waals surface area contributed by atoms with Crippen molar-refractivity contribution in [2.75, 3.05) is 7.11 Å². The molecule has 0 aliphatic carbocycles. The summed E-state index contributed by atoms with van der Waals surface area (Å²) in [5.74, 6) is -1.56. The highest BCUT2D eigenvalue weighted by molar-refractivity contribution is 5.75. The second-order valence-corrected chi connectivity index (χ2v) is 4.22. The summed E-state index contributed by atoms with van der Waals surface area (Å²) in [5.41, 5.74) is 0.0227. The summed E-state index contributed by atoms with van der Waals surface area (Å²) in [7, 11) is 1.29. The lowest BCUT2D eigenvalue weighted by atomic mass is 10.1. The van der Waals surface area contributed by atoms with E-state index in [2.05, 4.69) is 10.1 Å². The molecule has 1 aromatic carbocycles. The van der Waals surface area contributed by atoms with Crippen molar-refractivity contribution in [2.24, 2.45) is 0 Å². The van der Waals surface area contributed by atoms with Gasteiger partial charge in [-0.05, 0) is 32.4 Å². The number of ether oxygens (including phenoxy) is 1. The van der Waals surface area contributed by atoms with E-state index < -0.39 is 23.6 Å². The van der Waals surface area contributed by atoms with Crippen LogP contribution < -0.4 is 5.32 Å². The lowest BCUT2D eigenvalue weighted by Gasteiger charge is -2.18. The van der Waals surface area contributed by atoms with Gasteiger partial charge in [0, 0.05) is 11.6 Å². The van der Waals surface area contributed by atoms with Crippen LogP contribution in [0.15, 0.2) is 18.2 Å². The van der Waals surface area contributed by atoms with Crippen molar-refractivity contribution in [3.8, 4) is 0 Å². The summed E-state index contributed by atoms with van der Waals surface area (Å²) >= 11 is 0. The fourth-order valence-electron chi connectivity index (χ4n) is 1.76. The first-order valence-corrected chi connectivity index (χ1v) is 5.72. The van der Waals surface area contributed by atoms with Gasteiger partial charge in [-0.3, -0.25) is 4.79 Å². The highest BCUT2D eigenvalue weighted by atomic mass is 19.1. The Hall–Kier alpha value is -1.49. The van der Waals surface area contributed by atoms with Gasteiger partial charge in [0.15, 0.2) is 0 Å². The number of hydrogen-bond donors (Lipinski definition) is 1. The second-order valence-electron chi connectivity index (χ2n) is 4.22. The number of carbonyl (C=O) groups is 1. The molecule has 0 radical (unpaired) electrons. The Balaban J connectivity index is 2.65. The minimum absolute atomic E-state index is 0.0227. The van der Waals surface area contributed by atoms with E-state index in [1.54, 1.807) is 13.8 Å². The fourth-order valence-corrected chi connectivity index (χ4v) is 1.76. The molecule has 18 heavy (non-hydrogen) atoms. The van der Waals surface area contributed by atoms with Crippen molar-refractivity contribution in [3.63, 3.8) is 0 Å². The summed E-state index contributed by atoms with van der Waals surface area (Å²) in [6.07, 6.45) is 0.167. The summed E-state index contributed by atoms with van der Waals surface area (Å²) < 4.78 is 31.4. The Morgan fingerprint density at radius 3 is 2.39 bits per heavy atom. The fraction of sp³-hybridized carbons (Fsp3) is 0.462. The van der Waals surface area contributed by atoms with Gasteiger partial charge < -0.3 is 10.1 Å². The molecule has 0 aromatic heterocycles. The van der Waals surface area contributed by atoms with Gasteiger partial charge in [0.1, 0.15) is 17.7 Å². The molecule has 2 unspecified atom stereocenters. The predicted molar refractivity (Wildman–Crippen MR) is 64.1 cm³/mol. The van der Waals surface area contributed by atoms with E-state index >= 15 is 0 Å². The van der Waals surface area contributed by atoms with Crippen LogP contribution in [0.5, 0.6) is 0 Å². The Bertz CT molecular complexity index is 403. The molecule has 1 rings (SSSR count). The van der Waals surface area contributed by atoms with E-state index in [0.717, 1.165) is 0 Å². The highest BCUT2D eigenvalue weighted by Crippen LogP contribution is 2.14. The molecule has 5 heteroatoms. The van der Waals surface area contributed by atoms with Crippen molar-refractivity contribution in [1.29, 1.82) is 0 Å². The van der Waals surface area contributed by atoms with Crippen LogP contribution in [0.4, 0.5) is 8.78 Å². The lowest BCUT2D eigenvalue weighted by molar-refractivity contribution is -0.142. The lowest BCUT2D eigenvalue weighted by Crippen LogP contribution is -2.41. The molecular weight excluding hydrogens is 240 g/mol. The largest absolute Gasteiger partial charge is 0.468 e. The number of carbonyl (C=O) groups excluding carboxylic acids is 1. The third kappa shape index (κ3) is 3.77. The summed E-state index contributed by atoms with van der Waals surface area (Å²) in [4.78, 5) is 11.2. The number of benzene rings is 1. The van der Waals surface area contributed by atoms with E-state index in [0.29, 0.717) is 0 Å². The molecule has 1 N–H and O–H groups in total. The zero-order valence-corrected chi connectivity index (χ0v) is 10.7. The molecule has 0 heterocycles. The molecular formula is C13H17F2NO2. The molecule has 0 spiro atoms. The Morgan fingerprint density at radius 1 is 1.33 bits per heavy atom. The summed E-state index contributed by atoms with van der Waals surface area (Å²) in [5, 5.41) is 2.93. The summed E-state index contributed by atoms with van der Waals surface area (Å²) in [6.45, 7) is 3.39. The molecule has 0 fully saturated rings. The van der Waals surface area contributed by atoms with Gasteiger partial charge in [0.25, 0.3) is 0 Å². The van der Waals surface area contributed by atoms with Gasteiger partial charge in [-0.1, -0.05) is 6.07 Å². The Kier molecular flexibility index (Phi) is 5.22. The van der Waals surface area contributed by atoms with Gasteiger partial charge in [0.05, 0.1) is 7.11 Å². The van der Waals surface area contributed by atoms with Gasteiger partial charge in [-0.2, -0.15) is 0 Å². The molecule has 0 aliphatic rings. The van der Waals surface area contributed by atoms with Crippen LogP contribution in [0.3, 0.4) is 0 Å². The van der Waals surface area contributed by atoms with Crippen molar-refractivity contribution in [1.82, 2.24) is 5.32 Å². The van der Waals surface area contributed by atoms with Crippen LogP contribution in [-0.4, -0.2) is 25.2 Å². The van der Waals surface area contributed by atoms with Crippen molar-refractivity contribution < 1.29 is 18.3 Å². The standard InChI is InChI=1S/C13H17F2NO2/c1-8(16-9(2)13(17)18-3)7-10-11(14)5-4-6-12(10)15/h4-6,8-9,16H,7H2,1-3H3. The van der Waals surface area contributed by atoms with Gasteiger partial charge >= 0.3 is 5.97 Å². The van der Waals surface area contributed by atoms with Crippen molar-refractivity contribution in [3.05, 3.63) is 35.4 Å². The number of rotatable bonds is 5. The Morgan fingerprint density at radius 2 is 1.89 bits per heavy atom. The van der Waals surface area contributed by atoms with Crippen molar-refractivity contribution >= 4 is 5.97 Å². The smallest absolute Gasteiger partial charge is 0.322 e. The number of esters is 1. The van der Waals surface area contributed by atoms with Gasteiger partial charge in [0.2, 0.25) is 0 Å². The molecule has 0 saturated carbocycles. The number of hydrogen-bond acceptors (Lipinski definition) is 3. The maximum absolute atomic E-state index is 13.4. The third-order valence-corrected chi connectivity index (χ3v) is 2.66. The van der Waals surface area contributed by atoms with E-state index in [1.807, 2.05) is 0 Å². The van der Waals surface area contributed by atoms with Crippen LogP contribution >= 0.6 is 0 Å². The van der Waals surface area contributed by atoms with E-state index in [-0.39, 0.29) is 18.0 Å². The maximum Gasteiger partial charge on any atom is 0.322 e. The minimum atomic E-state index is -0.575. The first-order valence-electron chi connectivity index (χ1n) is 5.72. The third-order valence-electron chi connectivity index (χ3n) is 2.66. The SMILES string of the molecule is COC(=O)C(C)NC(C)Cc1c(F)cccc1F. The molecule has 0 saturated heterocycles. The van der Waals surface area contributed by atoms with Crippen LogP contribution in [0.2, 0.25) is 0 Å². The zero-order valence-electron chi connectivity index (χ0n) is 10.7. The monoisotopic (exact) mass is 257 g/mol. The first kappa shape index (κ1) is 14.6. The maximum atomic E-state index is 13.4. The number of methoxy groups -OCH3 is 1. The Labute approximate surface area is 105 Å². The predicted octanol–water partition coefficient (Wildman–Crippen LogP) is 2.05. The van der Waals surface area contributed by atoms with Crippen LogP contribution in [-0.2, 0) is 16.0 Å². The van der Waals surface area contributed by atoms with Gasteiger partial charge in [-0.25, -0.2) is 8.78 Å². The molecule has 0 amide bonds. The van der Waals surface area contributed by atoms with Crippen LogP contribution in [0.25, 0.3) is 0 Å². The van der Waals surface area contributed by atoms with E-state index in [9.17, 15) is 13.6 Å². The second kappa shape index (κ2) is 6.44. The zero-order chi connectivity index (χ0) is 13.7. The molecule has 0 aliphatic heterocycles. The highest BCUT2D eigenvalue weighted by Gasteiger charge is 2.18. The normalized spacial score (nSPS) is 14.1. The van der Waals surface area contributed by atoms with Crippen LogP contribution in [0.1, 0.15) is 19.4 Å².